The van der Waals surface area contributed by atoms with Crippen molar-refractivity contribution in [2.24, 2.45) is 4.36 Å². The van der Waals surface area contributed by atoms with Crippen molar-refractivity contribution in [2.75, 3.05) is 14.1 Å². The van der Waals surface area contributed by atoms with Crippen molar-refractivity contribution >= 4 is 9.92 Å². The van der Waals surface area contributed by atoms with Crippen LogP contribution in [0.3, 0.4) is 0 Å². The number of nitrogens with zero attached hydrogens (tertiary/aromatic N) is 1. The zero-order chi connectivity index (χ0) is 11.5. The van der Waals surface area contributed by atoms with E-state index in [0.29, 0.717) is 5.92 Å². The minimum atomic E-state index is -2.44. The Labute approximate surface area is 92.2 Å². The van der Waals surface area contributed by atoms with Crippen LogP contribution >= 0.6 is 0 Å². The standard InChI is InChI=1S/C11H18N2OS/c1-9(2)10-7-5-6-8-11(10)15(14,12-3)13-4/h5-9H,1-4H3,(H,12,13,14). The molecule has 0 saturated carbocycles. The predicted octanol–water partition coefficient (Wildman–Crippen LogP) is 2.40. The van der Waals surface area contributed by atoms with E-state index >= 15 is 0 Å². The van der Waals surface area contributed by atoms with Crippen LogP contribution in [0, 0.1) is 0 Å². The number of benzene rings is 1. The molecular weight excluding hydrogens is 208 g/mol. The van der Waals surface area contributed by atoms with E-state index in [1.165, 1.54) is 0 Å². The van der Waals surface area contributed by atoms with Gasteiger partial charge in [-0.2, -0.15) is 0 Å². The molecule has 84 valence electrons. The molecule has 1 rings (SSSR count). The highest BCUT2D eigenvalue weighted by molar-refractivity contribution is 7.91. The van der Waals surface area contributed by atoms with Crippen molar-refractivity contribution in [3.63, 3.8) is 0 Å². The van der Waals surface area contributed by atoms with E-state index in [-0.39, 0.29) is 0 Å². The van der Waals surface area contributed by atoms with Crippen molar-refractivity contribution in [1.82, 2.24) is 4.72 Å². The molecule has 4 heteroatoms. The summed E-state index contributed by atoms with van der Waals surface area (Å²) in [5.41, 5.74) is 1.09. The number of nitrogens with one attached hydrogen (secondary N) is 1. The quantitative estimate of drug-likeness (QED) is 0.845. The summed E-state index contributed by atoms with van der Waals surface area (Å²) in [5.74, 6) is 0.345. The zero-order valence-corrected chi connectivity index (χ0v) is 10.5. The molecule has 0 fully saturated rings. The summed E-state index contributed by atoms with van der Waals surface area (Å²) in [6, 6.07) is 7.73. The van der Waals surface area contributed by atoms with E-state index < -0.39 is 9.92 Å². The Bertz CT molecular complexity index is 446. The maximum Gasteiger partial charge on any atom is 0.137 e. The number of hydrogen-bond acceptors (Lipinski definition) is 2. The van der Waals surface area contributed by atoms with Crippen molar-refractivity contribution in [3.05, 3.63) is 29.8 Å². The van der Waals surface area contributed by atoms with Crippen LogP contribution in [0.1, 0.15) is 25.3 Å². The Morgan fingerprint density at radius 1 is 1.33 bits per heavy atom. The average molecular weight is 226 g/mol. The Balaban J connectivity index is 3.44. The van der Waals surface area contributed by atoms with Crippen LogP contribution in [0.5, 0.6) is 0 Å². The minimum absolute atomic E-state index is 0.345. The monoisotopic (exact) mass is 226 g/mol. The normalized spacial score (nSPS) is 15.0. The summed E-state index contributed by atoms with van der Waals surface area (Å²) in [6.45, 7) is 4.17. The molecule has 0 aliphatic carbocycles. The van der Waals surface area contributed by atoms with Crippen molar-refractivity contribution < 1.29 is 4.21 Å². The third-order valence-electron chi connectivity index (χ3n) is 2.37. The molecule has 0 heterocycles. The van der Waals surface area contributed by atoms with Gasteiger partial charge >= 0.3 is 0 Å². The SMILES string of the molecule is CN=S(=O)(NC)c1ccccc1C(C)C. The van der Waals surface area contributed by atoms with E-state index in [1.54, 1.807) is 14.1 Å². The van der Waals surface area contributed by atoms with Gasteiger partial charge in [-0.15, -0.1) is 0 Å². The second kappa shape index (κ2) is 4.77. The molecule has 0 radical (unpaired) electrons. The third kappa shape index (κ3) is 2.38. The van der Waals surface area contributed by atoms with Crippen molar-refractivity contribution in [2.45, 2.75) is 24.7 Å². The van der Waals surface area contributed by atoms with E-state index in [9.17, 15) is 4.21 Å². The van der Waals surface area contributed by atoms with Crippen LogP contribution in [0.4, 0.5) is 0 Å². The highest BCUT2D eigenvalue weighted by Crippen LogP contribution is 2.23. The van der Waals surface area contributed by atoms with E-state index in [2.05, 4.69) is 22.9 Å². The Morgan fingerprint density at radius 3 is 2.40 bits per heavy atom. The van der Waals surface area contributed by atoms with Gasteiger partial charge in [-0.1, -0.05) is 32.0 Å². The average Bonchev–Trinajstić information content (AvgIpc) is 2.28. The molecule has 0 aromatic heterocycles. The van der Waals surface area contributed by atoms with Crippen LogP contribution in [0.15, 0.2) is 33.5 Å². The van der Waals surface area contributed by atoms with Gasteiger partial charge in [-0.25, -0.2) is 13.3 Å². The lowest BCUT2D eigenvalue weighted by molar-refractivity contribution is 0.667. The van der Waals surface area contributed by atoms with Gasteiger partial charge in [-0.3, -0.25) is 0 Å². The van der Waals surface area contributed by atoms with Crippen molar-refractivity contribution in [1.29, 1.82) is 0 Å². The molecule has 1 aromatic carbocycles. The maximum absolute atomic E-state index is 12.4. The van der Waals surface area contributed by atoms with Crippen LogP contribution in [0.25, 0.3) is 0 Å². The summed E-state index contributed by atoms with van der Waals surface area (Å²) >= 11 is 0. The predicted molar refractivity (Wildman–Crippen MR) is 64.4 cm³/mol. The lowest BCUT2D eigenvalue weighted by Crippen LogP contribution is -2.20. The first kappa shape index (κ1) is 12.2. The number of hydrogen-bond donors (Lipinski definition) is 1. The Morgan fingerprint density at radius 2 is 1.93 bits per heavy atom. The molecule has 0 aliphatic heterocycles. The highest BCUT2D eigenvalue weighted by Gasteiger charge is 2.15. The molecule has 1 aromatic rings. The van der Waals surface area contributed by atoms with Crippen LogP contribution < -0.4 is 4.72 Å². The zero-order valence-electron chi connectivity index (χ0n) is 9.65. The first-order chi connectivity index (χ1) is 7.05. The molecule has 15 heavy (non-hydrogen) atoms. The van der Waals surface area contributed by atoms with Gasteiger partial charge in [0.25, 0.3) is 0 Å². The fraction of sp³-hybridized carbons (Fsp3) is 0.455. The molecule has 3 nitrogen and oxygen atoms in total. The fourth-order valence-corrected chi connectivity index (χ4v) is 2.99. The smallest absolute Gasteiger partial charge is 0.137 e. The molecule has 0 spiro atoms. The summed E-state index contributed by atoms with van der Waals surface area (Å²) < 4.78 is 19.1. The van der Waals surface area contributed by atoms with Crippen LogP contribution in [-0.2, 0) is 9.92 Å². The van der Waals surface area contributed by atoms with Gasteiger partial charge in [0.05, 0.1) is 4.90 Å². The number of rotatable bonds is 3. The van der Waals surface area contributed by atoms with E-state index in [4.69, 9.17) is 0 Å². The molecule has 0 bridgehead atoms. The first-order valence-corrected chi connectivity index (χ1v) is 6.49. The van der Waals surface area contributed by atoms with Gasteiger partial charge < -0.3 is 0 Å². The van der Waals surface area contributed by atoms with Gasteiger partial charge in [-0.05, 0) is 24.6 Å². The topological polar surface area (TPSA) is 41.5 Å². The molecule has 0 saturated heterocycles. The van der Waals surface area contributed by atoms with Crippen LogP contribution in [-0.4, -0.2) is 18.3 Å². The van der Waals surface area contributed by atoms with Crippen molar-refractivity contribution in [3.8, 4) is 0 Å². The molecule has 0 aliphatic rings. The Hall–Kier alpha value is -0.870. The summed E-state index contributed by atoms with van der Waals surface area (Å²) in [5, 5.41) is 0. The maximum atomic E-state index is 12.4. The summed E-state index contributed by atoms with van der Waals surface area (Å²) in [4.78, 5) is 0.796. The van der Waals surface area contributed by atoms with E-state index in [1.807, 2.05) is 24.3 Å². The first-order valence-electron chi connectivity index (χ1n) is 4.98. The third-order valence-corrected chi connectivity index (χ3v) is 4.41. The molecular formula is C11H18N2OS. The fourth-order valence-electron chi connectivity index (χ4n) is 1.51. The minimum Gasteiger partial charge on any atom is -0.231 e. The molecule has 0 amide bonds. The lowest BCUT2D eigenvalue weighted by atomic mass is 10.0. The second-order valence-corrected chi connectivity index (χ2v) is 5.87. The summed E-state index contributed by atoms with van der Waals surface area (Å²) in [7, 11) is 0.808. The summed E-state index contributed by atoms with van der Waals surface area (Å²) in [6.07, 6.45) is 0. The lowest BCUT2D eigenvalue weighted by Gasteiger charge is -2.15. The molecule has 1 unspecified atom stereocenters. The van der Waals surface area contributed by atoms with Gasteiger partial charge in [0.15, 0.2) is 0 Å². The molecule has 1 N–H and O–H groups in total. The highest BCUT2D eigenvalue weighted by atomic mass is 32.2. The van der Waals surface area contributed by atoms with Gasteiger partial charge in [0.1, 0.15) is 9.92 Å². The molecule has 1 atom stereocenters. The van der Waals surface area contributed by atoms with Gasteiger partial charge in [0.2, 0.25) is 0 Å². The second-order valence-electron chi connectivity index (χ2n) is 3.61. The van der Waals surface area contributed by atoms with Crippen LogP contribution in [0.2, 0.25) is 0 Å². The van der Waals surface area contributed by atoms with E-state index in [0.717, 1.165) is 10.5 Å². The largest absolute Gasteiger partial charge is 0.231 e. The van der Waals surface area contributed by atoms with Gasteiger partial charge in [0, 0.05) is 7.05 Å². The Kier molecular flexibility index (Phi) is 3.88.